The van der Waals surface area contributed by atoms with Gasteiger partial charge in [-0.1, -0.05) is 13.0 Å². The average Bonchev–Trinajstić information content (AvgIpc) is 3.35. The highest BCUT2D eigenvalue weighted by molar-refractivity contribution is 14.0. The van der Waals surface area contributed by atoms with E-state index in [-0.39, 0.29) is 24.0 Å². The number of thiophene rings is 1. The lowest BCUT2D eigenvalue weighted by Gasteiger charge is -2.23. The number of nitrogens with zero attached hydrogens (tertiary/aromatic N) is 3. The summed E-state index contributed by atoms with van der Waals surface area (Å²) in [6.45, 7) is 6.06. The number of halogens is 1. The molecule has 2 aromatic rings. The molecule has 0 aromatic carbocycles. The molecule has 1 saturated heterocycles. The molecular weight excluding hydrogens is 449 g/mol. The normalized spacial score (nSPS) is 18.2. The van der Waals surface area contributed by atoms with E-state index in [4.69, 9.17) is 4.42 Å². The molecule has 0 radical (unpaired) electrons. The number of oxazole rings is 1. The molecule has 1 unspecified atom stereocenters. The number of hydrogen-bond donors (Lipinski definition) is 2. The summed E-state index contributed by atoms with van der Waals surface area (Å²) in [5.41, 5.74) is 0.873. The molecule has 0 spiro atoms. The lowest BCUT2D eigenvalue weighted by Crippen LogP contribution is -2.44. The minimum Gasteiger partial charge on any atom is -0.443 e. The van der Waals surface area contributed by atoms with E-state index in [0.29, 0.717) is 18.5 Å². The second-order valence-corrected chi connectivity index (χ2v) is 6.80. The molecule has 3 rings (SSSR count). The lowest BCUT2D eigenvalue weighted by atomic mass is 10.2. The van der Waals surface area contributed by atoms with Gasteiger partial charge in [-0.3, -0.25) is 9.89 Å². The Kier molecular flexibility index (Phi) is 8.17. The van der Waals surface area contributed by atoms with Gasteiger partial charge in [-0.15, -0.1) is 35.3 Å². The number of likely N-dealkylation sites (tertiary alicyclic amines) is 1. The third-order valence-corrected chi connectivity index (χ3v) is 5.21. The van der Waals surface area contributed by atoms with E-state index < -0.39 is 0 Å². The number of likely N-dealkylation sites (N-methyl/N-ethyl adjacent to an activating group) is 1. The van der Waals surface area contributed by atoms with Crippen LogP contribution in [0, 0.1) is 0 Å². The summed E-state index contributed by atoms with van der Waals surface area (Å²) < 4.78 is 5.54. The molecule has 138 valence electrons. The number of aromatic nitrogens is 1. The molecule has 0 aliphatic carbocycles. The second kappa shape index (κ2) is 10.1. The maximum Gasteiger partial charge on any atom is 0.236 e. The van der Waals surface area contributed by atoms with E-state index in [0.717, 1.165) is 29.6 Å². The maximum absolute atomic E-state index is 5.54. The third-order valence-electron chi connectivity index (χ3n) is 4.35. The van der Waals surface area contributed by atoms with Crippen molar-refractivity contribution in [2.24, 2.45) is 4.99 Å². The Bertz CT molecular complexity index is 658. The molecular formula is C17H26IN5OS. The maximum atomic E-state index is 5.54. The van der Waals surface area contributed by atoms with Crippen LogP contribution in [0.2, 0.25) is 0 Å². The molecule has 1 atom stereocenters. The summed E-state index contributed by atoms with van der Waals surface area (Å²) >= 11 is 1.63. The largest absolute Gasteiger partial charge is 0.443 e. The van der Waals surface area contributed by atoms with Crippen LogP contribution in [-0.4, -0.2) is 48.6 Å². The Balaban J connectivity index is 0.00000225. The van der Waals surface area contributed by atoms with Crippen LogP contribution in [-0.2, 0) is 6.54 Å². The Morgan fingerprint density at radius 2 is 2.36 bits per heavy atom. The Morgan fingerprint density at radius 1 is 1.48 bits per heavy atom. The standard InChI is InChI=1S/C17H25N5OS.HI/c1-3-22-8-4-6-14(22)11-20-17(18-2)19-10-13-12-23-16(21-13)15-7-5-9-24-15;/h5,7,9,12,14H,3-4,6,8,10-11H2,1-2H3,(H2,18,19,20);1H. The van der Waals surface area contributed by atoms with Crippen LogP contribution >= 0.6 is 35.3 Å². The molecule has 0 bridgehead atoms. The fourth-order valence-electron chi connectivity index (χ4n) is 3.05. The van der Waals surface area contributed by atoms with Crippen molar-refractivity contribution in [3.8, 4) is 10.8 Å². The van der Waals surface area contributed by atoms with Gasteiger partial charge in [0.25, 0.3) is 0 Å². The van der Waals surface area contributed by atoms with Gasteiger partial charge in [0.15, 0.2) is 5.96 Å². The highest BCUT2D eigenvalue weighted by Crippen LogP contribution is 2.23. The predicted octanol–water partition coefficient (Wildman–Crippen LogP) is 3.17. The third kappa shape index (κ3) is 5.42. The summed E-state index contributed by atoms with van der Waals surface area (Å²) in [6, 6.07) is 4.61. The molecule has 1 aliphatic rings. The van der Waals surface area contributed by atoms with Crippen LogP contribution in [0.3, 0.4) is 0 Å². The molecule has 2 aromatic heterocycles. The zero-order chi connectivity index (χ0) is 16.8. The molecule has 6 nitrogen and oxygen atoms in total. The fourth-order valence-corrected chi connectivity index (χ4v) is 3.71. The van der Waals surface area contributed by atoms with Gasteiger partial charge in [-0.05, 0) is 37.4 Å². The zero-order valence-corrected chi connectivity index (χ0v) is 17.8. The van der Waals surface area contributed by atoms with Crippen LogP contribution < -0.4 is 10.6 Å². The summed E-state index contributed by atoms with van der Waals surface area (Å²) in [5, 5.41) is 8.74. The van der Waals surface area contributed by atoms with Crippen molar-refractivity contribution in [3.63, 3.8) is 0 Å². The van der Waals surface area contributed by atoms with Crippen molar-refractivity contribution >= 4 is 41.3 Å². The number of rotatable bonds is 6. The molecule has 2 N–H and O–H groups in total. The first-order valence-corrected chi connectivity index (χ1v) is 9.35. The highest BCUT2D eigenvalue weighted by atomic mass is 127. The van der Waals surface area contributed by atoms with Gasteiger partial charge < -0.3 is 15.1 Å². The van der Waals surface area contributed by atoms with Gasteiger partial charge >= 0.3 is 0 Å². The fraction of sp³-hybridized carbons (Fsp3) is 0.529. The van der Waals surface area contributed by atoms with Crippen molar-refractivity contribution in [1.82, 2.24) is 20.5 Å². The van der Waals surface area contributed by atoms with Gasteiger partial charge in [-0.25, -0.2) is 4.98 Å². The van der Waals surface area contributed by atoms with E-state index in [1.807, 2.05) is 17.5 Å². The molecule has 8 heteroatoms. The lowest BCUT2D eigenvalue weighted by molar-refractivity contribution is 0.267. The van der Waals surface area contributed by atoms with Crippen molar-refractivity contribution in [1.29, 1.82) is 0 Å². The van der Waals surface area contributed by atoms with Gasteiger partial charge in [-0.2, -0.15) is 0 Å². The summed E-state index contributed by atoms with van der Waals surface area (Å²) in [7, 11) is 1.79. The van der Waals surface area contributed by atoms with E-state index >= 15 is 0 Å². The summed E-state index contributed by atoms with van der Waals surface area (Å²) in [6.07, 6.45) is 4.24. The van der Waals surface area contributed by atoms with Gasteiger partial charge in [0.2, 0.25) is 5.89 Å². The number of nitrogens with one attached hydrogen (secondary N) is 2. The minimum atomic E-state index is 0. The van der Waals surface area contributed by atoms with Crippen molar-refractivity contribution in [3.05, 3.63) is 29.5 Å². The molecule has 0 saturated carbocycles. The van der Waals surface area contributed by atoms with Crippen LogP contribution in [0.15, 0.2) is 33.2 Å². The number of hydrogen-bond acceptors (Lipinski definition) is 5. The van der Waals surface area contributed by atoms with Crippen LogP contribution in [0.1, 0.15) is 25.5 Å². The van der Waals surface area contributed by atoms with E-state index in [1.165, 1.54) is 19.4 Å². The number of aliphatic imine (C=N–C) groups is 1. The topological polar surface area (TPSA) is 65.7 Å². The summed E-state index contributed by atoms with van der Waals surface area (Å²) in [4.78, 5) is 12.4. The van der Waals surface area contributed by atoms with E-state index in [9.17, 15) is 0 Å². The second-order valence-electron chi connectivity index (χ2n) is 5.85. The van der Waals surface area contributed by atoms with E-state index in [1.54, 1.807) is 24.6 Å². The summed E-state index contributed by atoms with van der Waals surface area (Å²) in [5.74, 6) is 1.48. The van der Waals surface area contributed by atoms with Crippen LogP contribution in [0.5, 0.6) is 0 Å². The molecule has 25 heavy (non-hydrogen) atoms. The van der Waals surface area contributed by atoms with Gasteiger partial charge in [0.05, 0.1) is 17.1 Å². The molecule has 1 aliphatic heterocycles. The van der Waals surface area contributed by atoms with Crippen molar-refractivity contribution in [2.75, 3.05) is 26.7 Å². The first-order valence-electron chi connectivity index (χ1n) is 8.47. The number of guanidine groups is 1. The SMILES string of the molecule is CCN1CCCC1CNC(=NC)NCc1coc(-c2cccs2)n1.I. The van der Waals surface area contributed by atoms with Gasteiger partial charge in [0, 0.05) is 19.6 Å². The predicted molar refractivity (Wildman–Crippen MR) is 114 cm³/mol. The van der Waals surface area contributed by atoms with Crippen LogP contribution in [0.4, 0.5) is 0 Å². The molecule has 3 heterocycles. The van der Waals surface area contributed by atoms with Gasteiger partial charge in [0.1, 0.15) is 6.26 Å². The zero-order valence-electron chi connectivity index (χ0n) is 14.7. The first-order chi connectivity index (χ1) is 11.8. The smallest absolute Gasteiger partial charge is 0.236 e. The quantitative estimate of drug-likeness (QED) is 0.382. The Labute approximate surface area is 170 Å². The Hall–Kier alpha value is -1.13. The molecule has 0 amide bonds. The Morgan fingerprint density at radius 3 is 3.08 bits per heavy atom. The minimum absolute atomic E-state index is 0. The first kappa shape index (κ1) is 20.2. The van der Waals surface area contributed by atoms with Crippen LogP contribution in [0.25, 0.3) is 10.8 Å². The average molecular weight is 475 g/mol. The van der Waals surface area contributed by atoms with E-state index in [2.05, 4.69) is 32.4 Å². The monoisotopic (exact) mass is 475 g/mol. The highest BCUT2D eigenvalue weighted by Gasteiger charge is 2.22. The van der Waals surface area contributed by atoms with Crippen molar-refractivity contribution in [2.45, 2.75) is 32.4 Å². The van der Waals surface area contributed by atoms with Crippen molar-refractivity contribution < 1.29 is 4.42 Å². The molecule has 1 fully saturated rings.